The summed E-state index contributed by atoms with van der Waals surface area (Å²) in [6, 6.07) is 104. The molecule has 2 aromatic heterocycles. The van der Waals surface area contributed by atoms with Gasteiger partial charge in [-0.05, 0) is 115 Å². The fourth-order valence-electron chi connectivity index (χ4n) is 11.2. The summed E-state index contributed by atoms with van der Waals surface area (Å²) in [5.41, 5.74) is 14.1. The van der Waals surface area contributed by atoms with Crippen LogP contribution in [-0.4, -0.2) is 17.2 Å². The van der Waals surface area contributed by atoms with Crippen molar-refractivity contribution in [2.24, 2.45) is 0 Å². The second kappa shape index (κ2) is 16.8. The lowest BCUT2D eigenvalue weighted by molar-refractivity contribution is 1.17. The minimum absolute atomic E-state index is 1.12. The lowest BCUT2D eigenvalue weighted by atomic mass is 9.98. The molecule has 69 heavy (non-hydrogen) atoms. The van der Waals surface area contributed by atoms with Crippen molar-refractivity contribution in [2.45, 2.75) is 0 Å². The van der Waals surface area contributed by atoms with E-state index in [0.717, 1.165) is 16.9 Å². The summed E-state index contributed by atoms with van der Waals surface area (Å²) in [5.74, 6) is 0. The van der Waals surface area contributed by atoms with Crippen LogP contribution in [0.4, 0.5) is 0 Å². The molecule has 3 heteroatoms. The molecule has 0 saturated heterocycles. The molecule has 324 valence electrons. The van der Waals surface area contributed by atoms with Gasteiger partial charge in [0.1, 0.15) is 0 Å². The van der Waals surface area contributed by atoms with Gasteiger partial charge < -0.3 is 9.13 Å². The summed E-state index contributed by atoms with van der Waals surface area (Å²) in [6.07, 6.45) is 0. The Bertz CT molecular complexity index is 3820. The Balaban J connectivity index is 1.17. The predicted molar refractivity (Wildman–Crippen MR) is 295 cm³/mol. The van der Waals surface area contributed by atoms with E-state index in [0.29, 0.717) is 0 Å². The molecule has 0 fully saturated rings. The van der Waals surface area contributed by atoms with Gasteiger partial charge in [0.25, 0.3) is 0 Å². The first-order valence-electron chi connectivity index (χ1n) is 23.8. The van der Waals surface area contributed by atoms with Crippen molar-refractivity contribution in [3.05, 3.63) is 279 Å². The molecule has 0 saturated carbocycles. The number of hydrogen-bond donors (Lipinski definition) is 0. The van der Waals surface area contributed by atoms with Gasteiger partial charge in [-0.3, -0.25) is 0 Å². The van der Waals surface area contributed by atoms with E-state index in [1.54, 1.807) is 0 Å². The molecule has 0 amide bonds. The summed E-state index contributed by atoms with van der Waals surface area (Å²) in [4.78, 5) is 0. The van der Waals surface area contributed by atoms with Gasteiger partial charge in [-0.2, -0.15) is 0 Å². The maximum atomic E-state index is 2.54. The zero-order valence-corrected chi connectivity index (χ0v) is 39.0. The molecule has 11 aromatic carbocycles. The first kappa shape index (κ1) is 40.5. The summed E-state index contributed by atoms with van der Waals surface area (Å²) in [5, 5.41) is 10.4. The largest absolute Gasteiger partial charge is 0.309 e. The van der Waals surface area contributed by atoms with E-state index in [4.69, 9.17) is 0 Å². The zero-order valence-electron chi connectivity index (χ0n) is 38.0. The Hall–Kier alpha value is -8.76. The standard InChI is InChI=1S/C66H46N2Si/c1-7-22-47(23-8-1)50-38-40-62-59(45-50)58-34-19-20-35-61(58)67(62)53-39-41-63-60(46-53)66-64(68(63)54-43-51(48-24-9-2-10-25-48)42-52(44-54)49-26-11-3-12-27-49)36-21-37-65(66)69(55-28-13-4-14-29-55,56-30-15-5-16-31-56)57-32-17-6-18-33-57/h1-46H. The quantitative estimate of drug-likeness (QED) is 0.101. The van der Waals surface area contributed by atoms with Crippen molar-refractivity contribution >= 4 is 72.4 Å². The maximum Gasteiger partial charge on any atom is 0.180 e. The average molecular weight is 895 g/mol. The lowest BCUT2D eigenvalue weighted by Gasteiger charge is -2.35. The molecule has 0 aliphatic carbocycles. The number of rotatable bonds is 9. The van der Waals surface area contributed by atoms with E-state index in [1.807, 2.05) is 0 Å². The van der Waals surface area contributed by atoms with Crippen LogP contribution in [-0.2, 0) is 0 Å². The fourth-order valence-corrected chi connectivity index (χ4v) is 16.2. The number of fused-ring (bicyclic) bond motifs is 6. The first-order chi connectivity index (χ1) is 34.2. The summed E-state index contributed by atoms with van der Waals surface area (Å²) in [7, 11) is -3.03. The Morgan fingerprint density at radius 1 is 0.232 bits per heavy atom. The molecule has 13 aromatic rings. The molecule has 2 nitrogen and oxygen atoms in total. The SMILES string of the molecule is c1ccc(-c2cc(-c3ccccc3)cc(-n3c4ccc(-n5c6ccccc6c6cc(-c7ccccc7)ccc65)cc4c4c([Si](c5ccccc5)(c5ccccc5)c5ccccc5)cccc43)c2)cc1. The highest BCUT2D eigenvalue weighted by Gasteiger charge is 2.43. The van der Waals surface area contributed by atoms with Crippen molar-refractivity contribution in [3.8, 4) is 44.8 Å². The molecular formula is C66H46N2Si. The predicted octanol–water partition coefficient (Wildman–Crippen LogP) is 14.3. The van der Waals surface area contributed by atoms with Crippen LogP contribution in [0, 0.1) is 0 Å². The highest BCUT2D eigenvalue weighted by Crippen LogP contribution is 2.40. The Morgan fingerprint density at radius 3 is 1.23 bits per heavy atom. The van der Waals surface area contributed by atoms with Crippen molar-refractivity contribution in [1.82, 2.24) is 9.13 Å². The van der Waals surface area contributed by atoms with Crippen LogP contribution < -0.4 is 20.7 Å². The van der Waals surface area contributed by atoms with Crippen LogP contribution >= 0.6 is 0 Å². The topological polar surface area (TPSA) is 9.86 Å². The van der Waals surface area contributed by atoms with Crippen LogP contribution in [0.1, 0.15) is 0 Å². The van der Waals surface area contributed by atoms with E-state index in [9.17, 15) is 0 Å². The highest BCUT2D eigenvalue weighted by atomic mass is 28.3. The van der Waals surface area contributed by atoms with E-state index >= 15 is 0 Å². The molecule has 0 radical (unpaired) electrons. The number of benzene rings is 11. The van der Waals surface area contributed by atoms with E-state index in [-0.39, 0.29) is 0 Å². The van der Waals surface area contributed by atoms with Gasteiger partial charge in [0.05, 0.1) is 22.1 Å². The van der Waals surface area contributed by atoms with Gasteiger partial charge in [0.2, 0.25) is 0 Å². The van der Waals surface area contributed by atoms with Crippen LogP contribution in [0.2, 0.25) is 0 Å². The number of nitrogens with zero attached hydrogens (tertiary/aromatic N) is 2. The molecular weight excluding hydrogens is 849 g/mol. The lowest BCUT2D eigenvalue weighted by Crippen LogP contribution is -2.74. The van der Waals surface area contributed by atoms with Gasteiger partial charge in [-0.15, -0.1) is 0 Å². The van der Waals surface area contributed by atoms with Crippen LogP contribution in [0.15, 0.2) is 279 Å². The van der Waals surface area contributed by atoms with Crippen LogP contribution in [0.5, 0.6) is 0 Å². The van der Waals surface area contributed by atoms with Crippen LogP contribution in [0.3, 0.4) is 0 Å². The van der Waals surface area contributed by atoms with Gasteiger partial charge in [-0.1, -0.05) is 218 Å². The second-order valence-electron chi connectivity index (χ2n) is 18.0. The van der Waals surface area contributed by atoms with Crippen molar-refractivity contribution in [1.29, 1.82) is 0 Å². The molecule has 2 heterocycles. The van der Waals surface area contributed by atoms with Crippen molar-refractivity contribution < 1.29 is 0 Å². The molecule has 0 unspecified atom stereocenters. The minimum Gasteiger partial charge on any atom is -0.309 e. The van der Waals surface area contributed by atoms with Crippen molar-refractivity contribution in [2.75, 3.05) is 0 Å². The highest BCUT2D eigenvalue weighted by molar-refractivity contribution is 7.20. The third-order valence-corrected chi connectivity index (χ3v) is 19.0. The van der Waals surface area contributed by atoms with Crippen LogP contribution in [0.25, 0.3) is 88.4 Å². The number of para-hydroxylation sites is 1. The first-order valence-corrected chi connectivity index (χ1v) is 25.8. The third kappa shape index (κ3) is 6.70. The van der Waals surface area contributed by atoms with Gasteiger partial charge in [-0.25, -0.2) is 0 Å². The maximum absolute atomic E-state index is 3.03. The molecule has 0 bridgehead atoms. The van der Waals surface area contributed by atoms with Gasteiger partial charge >= 0.3 is 0 Å². The summed E-state index contributed by atoms with van der Waals surface area (Å²) >= 11 is 0. The third-order valence-electron chi connectivity index (χ3n) is 14.2. The Kier molecular flexibility index (Phi) is 9.88. The molecule has 13 rings (SSSR count). The van der Waals surface area contributed by atoms with Gasteiger partial charge in [0, 0.05) is 32.9 Å². The fraction of sp³-hybridized carbons (Fsp3) is 0. The molecule has 0 spiro atoms. The average Bonchev–Trinajstić information content (AvgIpc) is 3.95. The van der Waals surface area contributed by atoms with Crippen molar-refractivity contribution in [3.63, 3.8) is 0 Å². The Labute approximate surface area is 403 Å². The van der Waals surface area contributed by atoms with E-state index in [1.165, 1.54) is 92.2 Å². The zero-order chi connectivity index (χ0) is 45.7. The number of hydrogen-bond acceptors (Lipinski definition) is 0. The molecule has 0 N–H and O–H groups in total. The smallest absolute Gasteiger partial charge is 0.180 e. The molecule has 0 aliphatic rings. The van der Waals surface area contributed by atoms with Gasteiger partial charge in [0.15, 0.2) is 8.07 Å². The van der Waals surface area contributed by atoms with E-state index < -0.39 is 8.07 Å². The Morgan fingerprint density at radius 2 is 0.667 bits per heavy atom. The summed E-state index contributed by atoms with van der Waals surface area (Å²) in [6.45, 7) is 0. The normalized spacial score (nSPS) is 11.8. The molecule has 0 atom stereocenters. The van der Waals surface area contributed by atoms with E-state index in [2.05, 4.69) is 288 Å². The second-order valence-corrected chi connectivity index (χ2v) is 21.8. The summed E-state index contributed by atoms with van der Waals surface area (Å²) < 4.78 is 5.01. The monoisotopic (exact) mass is 894 g/mol. The molecule has 0 aliphatic heterocycles. The number of aromatic nitrogens is 2. The minimum atomic E-state index is -3.03.